The number of hydrogen-bond donors (Lipinski definition) is 5. The topological polar surface area (TPSA) is 246 Å². The van der Waals surface area contributed by atoms with E-state index in [4.69, 9.17) is 20.4 Å². The highest BCUT2D eigenvalue weighted by Crippen LogP contribution is 2.45. The standard InChI is InChI=1S/C18H17N3O13S4/c19-17-16-10(7-13(9-14(16)22)38(27,28)29)8-15(35-33-31-23)18(17)21-20-11-1-3-12(4-2-11)37(25,26)6-5-30-36-34-32-24/h1-4,7-9,22-24H,5-6,19H2,(H,27,28,29). The maximum Gasteiger partial charge on any atom is 0.294 e. The molecule has 0 saturated heterocycles. The van der Waals surface area contributed by atoms with Gasteiger partial charge in [-0.3, -0.25) is 8.74 Å². The molecule has 0 aliphatic rings. The summed E-state index contributed by atoms with van der Waals surface area (Å²) in [6.45, 7) is -0.266. The molecule has 3 aromatic carbocycles. The number of benzene rings is 3. The van der Waals surface area contributed by atoms with Crippen LogP contribution in [0.3, 0.4) is 0 Å². The molecule has 0 spiro atoms. The second-order valence-corrected chi connectivity index (χ2v) is 11.7. The Labute approximate surface area is 222 Å². The van der Waals surface area contributed by atoms with E-state index in [9.17, 15) is 26.5 Å². The van der Waals surface area contributed by atoms with Crippen molar-refractivity contribution in [2.24, 2.45) is 10.2 Å². The first-order chi connectivity index (χ1) is 18.0. The van der Waals surface area contributed by atoms with Crippen LogP contribution in [0.1, 0.15) is 0 Å². The summed E-state index contributed by atoms with van der Waals surface area (Å²) in [5, 5.41) is 41.8. The summed E-state index contributed by atoms with van der Waals surface area (Å²) < 4.78 is 70.2. The van der Waals surface area contributed by atoms with Crippen molar-refractivity contribution in [1.29, 1.82) is 0 Å². The molecule has 16 nitrogen and oxygen atoms in total. The lowest BCUT2D eigenvalue weighted by molar-refractivity contribution is -0.434. The predicted octanol–water partition coefficient (Wildman–Crippen LogP) is 3.99. The van der Waals surface area contributed by atoms with Crippen molar-refractivity contribution in [2.45, 2.75) is 14.7 Å². The van der Waals surface area contributed by atoms with Gasteiger partial charge in [0.05, 0.1) is 50.5 Å². The Morgan fingerprint density at radius 2 is 1.61 bits per heavy atom. The SMILES string of the molecule is Nc1c(N=Nc2ccc(S(=O)(=O)CCOSOOO)cc2)c(SOOO)cc2cc(S(=O)(=O)O)cc(O)c12. The van der Waals surface area contributed by atoms with Gasteiger partial charge in [-0.1, -0.05) is 10.1 Å². The zero-order chi connectivity index (χ0) is 27.9. The van der Waals surface area contributed by atoms with Crippen LogP contribution in [0.2, 0.25) is 0 Å². The molecule has 3 aromatic rings. The second kappa shape index (κ2) is 13.0. The first-order valence-electron chi connectivity index (χ1n) is 9.70. The third kappa shape index (κ3) is 7.49. The molecule has 20 heteroatoms. The number of phenols is 1. The van der Waals surface area contributed by atoms with E-state index >= 15 is 0 Å². The van der Waals surface area contributed by atoms with Gasteiger partial charge in [0.2, 0.25) is 0 Å². The van der Waals surface area contributed by atoms with Crippen molar-refractivity contribution >= 4 is 72.2 Å². The minimum absolute atomic E-state index is 0.0154. The summed E-state index contributed by atoms with van der Waals surface area (Å²) in [6, 6.07) is 8.37. The van der Waals surface area contributed by atoms with Gasteiger partial charge in [0.1, 0.15) is 11.4 Å². The van der Waals surface area contributed by atoms with Crippen LogP contribution in [-0.2, 0) is 42.9 Å². The number of nitrogen functional groups attached to an aromatic ring is 1. The van der Waals surface area contributed by atoms with Gasteiger partial charge in [-0.05, 0) is 41.8 Å². The van der Waals surface area contributed by atoms with E-state index in [0.29, 0.717) is 12.0 Å². The molecule has 0 aromatic heterocycles. The van der Waals surface area contributed by atoms with Crippen molar-refractivity contribution in [3.05, 3.63) is 42.5 Å². The highest BCUT2D eigenvalue weighted by Gasteiger charge is 2.20. The Balaban J connectivity index is 1.92. The van der Waals surface area contributed by atoms with Crippen LogP contribution in [0.15, 0.2) is 67.4 Å². The number of azo groups is 1. The Kier molecular flexibility index (Phi) is 10.2. The smallest absolute Gasteiger partial charge is 0.294 e. The van der Waals surface area contributed by atoms with E-state index < -0.39 is 36.4 Å². The third-order valence-corrected chi connectivity index (χ3v) is 8.15. The van der Waals surface area contributed by atoms with Gasteiger partial charge in [-0.2, -0.15) is 13.5 Å². The van der Waals surface area contributed by atoms with E-state index in [-0.39, 0.29) is 56.6 Å². The van der Waals surface area contributed by atoms with Crippen LogP contribution in [-0.4, -0.2) is 49.4 Å². The van der Waals surface area contributed by atoms with Crippen LogP contribution in [0.25, 0.3) is 10.8 Å². The number of nitrogens with two attached hydrogens (primary N) is 1. The van der Waals surface area contributed by atoms with E-state index in [1.54, 1.807) is 0 Å². The number of fused-ring (bicyclic) bond motifs is 1. The maximum absolute atomic E-state index is 12.4. The molecule has 6 N–H and O–H groups in total. The monoisotopic (exact) mass is 611 g/mol. The van der Waals surface area contributed by atoms with E-state index in [1.165, 1.54) is 30.3 Å². The molecule has 3 rings (SSSR count). The van der Waals surface area contributed by atoms with Gasteiger partial charge < -0.3 is 10.8 Å². The van der Waals surface area contributed by atoms with Gasteiger partial charge in [-0.15, -0.1) is 13.8 Å². The van der Waals surface area contributed by atoms with Crippen LogP contribution < -0.4 is 5.73 Å². The summed E-state index contributed by atoms with van der Waals surface area (Å²) in [7, 11) is -8.39. The molecule has 0 aliphatic carbocycles. The fraction of sp³-hybridized carbons (Fsp3) is 0.111. The Morgan fingerprint density at radius 3 is 2.24 bits per heavy atom. The van der Waals surface area contributed by atoms with Gasteiger partial charge in [0.25, 0.3) is 10.1 Å². The van der Waals surface area contributed by atoms with E-state index in [0.717, 1.165) is 12.1 Å². The normalized spacial score (nSPS) is 12.5. The van der Waals surface area contributed by atoms with Gasteiger partial charge in [-0.25, -0.2) is 18.9 Å². The molecule has 0 bridgehead atoms. The van der Waals surface area contributed by atoms with Crippen molar-refractivity contribution in [3.8, 4) is 5.75 Å². The minimum Gasteiger partial charge on any atom is -0.507 e. The number of phenolic OH excluding ortho intramolecular Hbond substituents is 1. The summed E-state index contributed by atoms with van der Waals surface area (Å²) in [5.41, 5.74) is 6.11. The highest BCUT2D eigenvalue weighted by molar-refractivity contribution is 7.94. The average Bonchev–Trinajstić information content (AvgIpc) is 2.86. The molecule has 0 heterocycles. The Morgan fingerprint density at radius 1 is 0.921 bits per heavy atom. The molecule has 0 fully saturated rings. The summed E-state index contributed by atoms with van der Waals surface area (Å²) in [4.78, 5) is -0.578. The third-order valence-electron chi connectivity index (χ3n) is 4.62. The zero-order valence-corrected chi connectivity index (χ0v) is 21.8. The van der Waals surface area contributed by atoms with Crippen LogP contribution in [0, 0.1) is 0 Å². The Hall–Kier alpha value is -2.60. The van der Waals surface area contributed by atoms with Crippen LogP contribution >= 0.6 is 24.4 Å². The lowest BCUT2D eigenvalue weighted by atomic mass is 10.1. The molecule has 0 radical (unpaired) electrons. The molecular formula is C18H17N3O13S4. The lowest BCUT2D eigenvalue weighted by Gasteiger charge is -2.12. The van der Waals surface area contributed by atoms with Gasteiger partial charge >= 0.3 is 0 Å². The zero-order valence-electron chi connectivity index (χ0n) is 18.5. The van der Waals surface area contributed by atoms with Crippen LogP contribution in [0.4, 0.5) is 17.1 Å². The van der Waals surface area contributed by atoms with Crippen molar-refractivity contribution < 1.29 is 59.9 Å². The van der Waals surface area contributed by atoms with Crippen molar-refractivity contribution in [3.63, 3.8) is 0 Å². The predicted molar refractivity (Wildman–Crippen MR) is 132 cm³/mol. The summed E-state index contributed by atoms with van der Waals surface area (Å²) >= 11 is 0.672. The number of rotatable bonds is 13. The maximum atomic E-state index is 12.4. The van der Waals surface area contributed by atoms with Crippen molar-refractivity contribution in [2.75, 3.05) is 18.1 Å². The average molecular weight is 612 g/mol. The highest BCUT2D eigenvalue weighted by atomic mass is 32.2. The largest absolute Gasteiger partial charge is 0.507 e. The van der Waals surface area contributed by atoms with Crippen LogP contribution in [0.5, 0.6) is 5.75 Å². The van der Waals surface area contributed by atoms with Crippen molar-refractivity contribution in [1.82, 2.24) is 0 Å². The molecule has 206 valence electrons. The number of nitrogens with zero attached hydrogens (tertiary/aromatic N) is 2. The molecule has 0 aliphatic heterocycles. The molecular weight excluding hydrogens is 594 g/mol. The van der Waals surface area contributed by atoms with E-state index in [2.05, 4.69) is 29.0 Å². The number of hydrogen-bond acceptors (Lipinski definition) is 17. The number of anilines is 1. The van der Waals surface area contributed by atoms with E-state index in [1.807, 2.05) is 0 Å². The first kappa shape index (κ1) is 29.9. The second-order valence-electron chi connectivity index (χ2n) is 6.92. The fourth-order valence-electron chi connectivity index (χ4n) is 3.01. The van der Waals surface area contributed by atoms with Gasteiger partial charge in [0, 0.05) is 11.5 Å². The summed E-state index contributed by atoms with van der Waals surface area (Å²) in [6.07, 6.45) is 0. The van der Waals surface area contributed by atoms with Gasteiger partial charge in [0.15, 0.2) is 22.2 Å². The Bertz CT molecular complexity index is 1530. The number of aromatic hydroxyl groups is 1. The summed E-state index contributed by atoms with van der Waals surface area (Å²) in [5.74, 6) is -0.980. The molecule has 0 atom stereocenters. The molecule has 0 unspecified atom stereocenters. The molecule has 38 heavy (non-hydrogen) atoms. The molecule has 0 amide bonds. The molecule has 0 saturated carbocycles. The minimum atomic E-state index is -4.66. The fourth-order valence-corrected chi connectivity index (χ4v) is 5.47. The number of sulfone groups is 1. The quantitative estimate of drug-likeness (QED) is 0.0348. The lowest BCUT2D eigenvalue weighted by Crippen LogP contribution is -2.10. The first-order valence-corrected chi connectivity index (χ1v) is 14.2.